The van der Waals surface area contributed by atoms with E-state index in [0.717, 1.165) is 30.0 Å². The Morgan fingerprint density at radius 3 is 2.74 bits per heavy atom. The van der Waals surface area contributed by atoms with Crippen LogP contribution in [0.25, 0.3) is 16.3 Å². The van der Waals surface area contributed by atoms with Crippen molar-refractivity contribution in [3.63, 3.8) is 0 Å². The molecule has 4 aromatic rings. The Morgan fingerprint density at radius 1 is 1.19 bits per heavy atom. The van der Waals surface area contributed by atoms with Gasteiger partial charge in [-0.2, -0.15) is 15.4 Å². The standard InChI is InChI=1S/C33H37N6O7P/c1-20(31(40)43-23-10-7-11-23)38-47(41,46-26-13-6-9-21-8-4-5-12-24(21)26)42-17-22-16-33(18-34,29-28(22)44-32(2,3)45-29)27-15-14-25-30(35)36-19-37-39(25)27/h4-6,8-9,12-15,19-20,22-23,28-29H,7,10-11,16-17H2,1-3H3,(H,38,41)(H2,35,36,37)/t20-,22+,28+,29+,33+,47?/m0/s1. The van der Waals surface area contributed by atoms with Gasteiger partial charge in [-0.25, -0.2) is 14.1 Å². The number of carbonyl (C=O) groups excluding carboxylic acids is 1. The van der Waals surface area contributed by atoms with E-state index in [1.807, 2.05) is 30.3 Å². The first-order valence-electron chi connectivity index (χ1n) is 15.8. The van der Waals surface area contributed by atoms with Gasteiger partial charge in [0.2, 0.25) is 0 Å². The average molecular weight is 661 g/mol. The molecule has 3 heterocycles. The van der Waals surface area contributed by atoms with Crippen LogP contribution in [0.1, 0.15) is 52.1 Å². The normalized spacial score (nSPS) is 27.1. The molecule has 14 heteroatoms. The fraction of sp³-hybridized carbons (Fsp3) is 0.455. The third-order valence-electron chi connectivity index (χ3n) is 9.27. The summed E-state index contributed by atoms with van der Waals surface area (Å²) in [5.41, 5.74) is 6.03. The Balaban J connectivity index is 1.20. The zero-order valence-electron chi connectivity index (χ0n) is 26.4. The van der Waals surface area contributed by atoms with E-state index in [2.05, 4.69) is 21.2 Å². The molecule has 7 rings (SSSR count). The number of anilines is 1. The second kappa shape index (κ2) is 11.9. The molecule has 3 N–H and O–H groups in total. The molecule has 2 saturated carbocycles. The van der Waals surface area contributed by atoms with Crippen molar-refractivity contribution >= 4 is 35.8 Å². The number of hydrogen-bond acceptors (Lipinski definition) is 11. The van der Waals surface area contributed by atoms with E-state index in [9.17, 15) is 14.6 Å². The van der Waals surface area contributed by atoms with Gasteiger partial charge in [0, 0.05) is 11.3 Å². The highest BCUT2D eigenvalue weighted by molar-refractivity contribution is 7.52. The first-order valence-corrected chi connectivity index (χ1v) is 17.3. The lowest BCUT2D eigenvalue weighted by Gasteiger charge is -2.30. The van der Waals surface area contributed by atoms with Gasteiger partial charge < -0.3 is 24.5 Å². The lowest BCUT2D eigenvalue weighted by Crippen LogP contribution is -2.39. The summed E-state index contributed by atoms with van der Waals surface area (Å²) in [6.07, 6.45) is 2.74. The van der Waals surface area contributed by atoms with Crippen LogP contribution >= 0.6 is 7.75 Å². The summed E-state index contributed by atoms with van der Waals surface area (Å²) in [6, 6.07) is 18.0. The molecular weight excluding hydrogens is 623 g/mol. The number of nitrogens with two attached hydrogens (primary N) is 1. The maximum absolute atomic E-state index is 14.6. The van der Waals surface area contributed by atoms with E-state index in [4.69, 9.17) is 29.0 Å². The molecule has 0 amide bonds. The molecule has 3 aliphatic rings. The largest absolute Gasteiger partial charge is 0.461 e. The number of nitrogens with zero attached hydrogens (tertiary/aromatic N) is 4. The number of nitriles is 1. The average Bonchev–Trinajstić information content (AvgIpc) is 3.69. The van der Waals surface area contributed by atoms with Crippen LogP contribution in [0, 0.1) is 17.2 Å². The Kier molecular flexibility index (Phi) is 7.97. The fourth-order valence-corrected chi connectivity index (χ4v) is 8.32. The predicted octanol–water partition coefficient (Wildman–Crippen LogP) is 5.04. The summed E-state index contributed by atoms with van der Waals surface area (Å²) in [6.45, 7) is 5.00. The van der Waals surface area contributed by atoms with Crippen molar-refractivity contribution in [2.75, 3.05) is 12.3 Å². The van der Waals surface area contributed by atoms with Crippen molar-refractivity contribution in [3.05, 3.63) is 66.6 Å². The molecule has 0 radical (unpaired) electrons. The van der Waals surface area contributed by atoms with Gasteiger partial charge in [-0.05, 0) is 70.0 Å². The minimum atomic E-state index is -4.24. The molecular formula is C33H37N6O7P. The third kappa shape index (κ3) is 5.75. The molecule has 13 nitrogen and oxygen atoms in total. The van der Waals surface area contributed by atoms with E-state index in [-0.39, 0.29) is 24.9 Å². The number of benzene rings is 2. The molecule has 0 bridgehead atoms. The second-order valence-corrected chi connectivity index (χ2v) is 14.6. The Bertz CT molecular complexity index is 1920. The highest BCUT2D eigenvalue weighted by Gasteiger charge is 2.64. The van der Waals surface area contributed by atoms with Crippen LogP contribution in [0.5, 0.6) is 5.75 Å². The van der Waals surface area contributed by atoms with Gasteiger partial charge in [-0.15, -0.1) is 0 Å². The molecule has 0 spiro atoms. The number of carbonyl (C=O) groups is 1. The lowest BCUT2D eigenvalue weighted by molar-refractivity contribution is -0.162. The van der Waals surface area contributed by atoms with Crippen LogP contribution in [0.15, 0.2) is 60.9 Å². The number of aromatic nitrogens is 3. The summed E-state index contributed by atoms with van der Waals surface area (Å²) in [5, 5.41) is 19.6. The Hall–Kier alpha value is -4.05. The quantitative estimate of drug-likeness (QED) is 0.172. The van der Waals surface area contributed by atoms with Crippen molar-refractivity contribution in [1.82, 2.24) is 19.7 Å². The van der Waals surface area contributed by atoms with E-state index in [0.29, 0.717) is 17.0 Å². The molecule has 1 unspecified atom stereocenters. The zero-order valence-corrected chi connectivity index (χ0v) is 27.3. The van der Waals surface area contributed by atoms with Crippen molar-refractivity contribution in [1.29, 1.82) is 5.26 Å². The number of esters is 1. The maximum Gasteiger partial charge on any atom is 0.459 e. The van der Waals surface area contributed by atoms with Gasteiger partial charge in [-0.1, -0.05) is 36.4 Å². The third-order valence-corrected chi connectivity index (χ3v) is 10.9. The molecule has 1 saturated heterocycles. The van der Waals surface area contributed by atoms with Crippen LogP contribution < -0.4 is 15.3 Å². The predicted molar refractivity (Wildman–Crippen MR) is 171 cm³/mol. The van der Waals surface area contributed by atoms with Crippen molar-refractivity contribution in [2.24, 2.45) is 5.92 Å². The van der Waals surface area contributed by atoms with Gasteiger partial charge in [0.25, 0.3) is 0 Å². The first-order chi connectivity index (χ1) is 22.5. The fourth-order valence-electron chi connectivity index (χ4n) is 6.76. The van der Waals surface area contributed by atoms with Crippen molar-refractivity contribution in [2.45, 2.75) is 82.0 Å². The molecule has 2 aromatic heterocycles. The van der Waals surface area contributed by atoms with Gasteiger partial charge in [0.05, 0.1) is 24.5 Å². The minimum Gasteiger partial charge on any atom is -0.461 e. The maximum atomic E-state index is 14.6. The van der Waals surface area contributed by atoms with Crippen LogP contribution in [-0.4, -0.2) is 57.3 Å². The van der Waals surface area contributed by atoms with E-state index >= 15 is 0 Å². The number of fused-ring (bicyclic) bond motifs is 3. The van der Waals surface area contributed by atoms with Gasteiger partial charge >= 0.3 is 13.7 Å². The monoisotopic (exact) mass is 660 g/mol. The molecule has 3 fully saturated rings. The minimum absolute atomic E-state index is 0.135. The number of ether oxygens (including phenoxy) is 3. The molecule has 2 aromatic carbocycles. The van der Waals surface area contributed by atoms with Crippen LogP contribution in [0.2, 0.25) is 0 Å². The summed E-state index contributed by atoms with van der Waals surface area (Å²) >= 11 is 0. The smallest absolute Gasteiger partial charge is 0.459 e. The molecule has 6 atom stereocenters. The summed E-state index contributed by atoms with van der Waals surface area (Å²) in [5.74, 6) is -1.40. The highest BCUT2D eigenvalue weighted by atomic mass is 31.2. The molecule has 1 aliphatic heterocycles. The number of nitrogens with one attached hydrogen (secondary N) is 1. The number of hydrogen-bond donors (Lipinski definition) is 2. The van der Waals surface area contributed by atoms with E-state index in [1.54, 1.807) is 49.6 Å². The van der Waals surface area contributed by atoms with Gasteiger partial charge in [0.1, 0.15) is 41.3 Å². The zero-order chi connectivity index (χ0) is 33.0. The highest BCUT2D eigenvalue weighted by Crippen LogP contribution is 2.55. The Morgan fingerprint density at radius 2 is 1.98 bits per heavy atom. The molecule has 47 heavy (non-hydrogen) atoms. The SMILES string of the molecule is C[C@H](NP(=O)(OC[C@H]1C[C@@](C#N)(c2ccc3c(N)ncnn23)[C@@H]2OC(C)(C)O[C@H]12)Oc1cccc2ccccc12)C(=O)OC1CCC1. The van der Waals surface area contributed by atoms with E-state index in [1.165, 1.54) is 6.33 Å². The Labute approximate surface area is 271 Å². The lowest BCUT2D eigenvalue weighted by atomic mass is 9.81. The van der Waals surface area contributed by atoms with E-state index < -0.39 is 49.1 Å². The van der Waals surface area contributed by atoms with Crippen LogP contribution in [-0.2, 0) is 33.5 Å². The topological polar surface area (TPSA) is 172 Å². The molecule has 2 aliphatic carbocycles. The van der Waals surface area contributed by atoms with Gasteiger partial charge in [-0.3, -0.25) is 9.32 Å². The van der Waals surface area contributed by atoms with Crippen LogP contribution in [0.3, 0.4) is 0 Å². The summed E-state index contributed by atoms with van der Waals surface area (Å²) < 4.78 is 46.9. The second-order valence-electron chi connectivity index (χ2n) is 12.9. The first kappa shape index (κ1) is 31.5. The summed E-state index contributed by atoms with van der Waals surface area (Å²) in [4.78, 5) is 17.0. The number of nitrogen functional groups attached to an aromatic ring is 1. The van der Waals surface area contributed by atoms with Crippen molar-refractivity contribution < 1.29 is 32.6 Å². The van der Waals surface area contributed by atoms with Crippen molar-refractivity contribution in [3.8, 4) is 11.8 Å². The molecule has 246 valence electrons. The summed E-state index contributed by atoms with van der Waals surface area (Å²) in [7, 11) is -4.24. The number of rotatable bonds is 10. The van der Waals surface area contributed by atoms with Gasteiger partial charge in [0.15, 0.2) is 11.6 Å². The van der Waals surface area contributed by atoms with Crippen LogP contribution in [0.4, 0.5) is 5.82 Å².